The van der Waals surface area contributed by atoms with Crippen molar-refractivity contribution < 1.29 is 22.4 Å². The van der Waals surface area contributed by atoms with Gasteiger partial charge in [0.25, 0.3) is 15.9 Å². The molecular formula is C19H20N4O5S. The zero-order valence-electron chi connectivity index (χ0n) is 15.6. The van der Waals surface area contributed by atoms with Gasteiger partial charge in [0.15, 0.2) is 5.76 Å². The predicted octanol–water partition coefficient (Wildman–Crippen LogP) is 0.693. The Morgan fingerprint density at radius 2 is 1.76 bits per heavy atom. The van der Waals surface area contributed by atoms with Crippen LogP contribution >= 0.6 is 0 Å². The van der Waals surface area contributed by atoms with Crippen molar-refractivity contribution in [3.63, 3.8) is 0 Å². The number of nitrogens with one attached hydrogen (secondary N) is 1. The number of benzene rings is 1. The lowest BCUT2D eigenvalue weighted by Crippen LogP contribution is -2.50. The number of furan rings is 1. The Balaban J connectivity index is 1.30. The topological polar surface area (TPSA) is 112 Å². The highest BCUT2D eigenvalue weighted by atomic mass is 32.2. The van der Waals surface area contributed by atoms with Crippen LogP contribution in [0.2, 0.25) is 0 Å². The van der Waals surface area contributed by atoms with Crippen LogP contribution in [-0.4, -0.2) is 68.6 Å². The molecule has 0 saturated carbocycles. The molecule has 0 bridgehead atoms. The lowest BCUT2D eigenvalue weighted by atomic mass is 10.2. The van der Waals surface area contributed by atoms with E-state index in [-0.39, 0.29) is 35.5 Å². The first-order valence-corrected chi connectivity index (χ1v) is 10.7. The molecule has 3 heterocycles. The first-order valence-electron chi connectivity index (χ1n) is 9.23. The monoisotopic (exact) mass is 416 g/mol. The summed E-state index contributed by atoms with van der Waals surface area (Å²) in [6.45, 7) is 1.94. The van der Waals surface area contributed by atoms with E-state index >= 15 is 0 Å². The van der Waals surface area contributed by atoms with E-state index < -0.39 is 10.0 Å². The van der Waals surface area contributed by atoms with Crippen molar-refractivity contribution in [2.24, 2.45) is 4.99 Å². The molecule has 0 spiro atoms. The molecule has 0 aliphatic carbocycles. The maximum absolute atomic E-state index is 12.4. The molecule has 2 aliphatic heterocycles. The van der Waals surface area contributed by atoms with E-state index in [0.29, 0.717) is 37.5 Å². The summed E-state index contributed by atoms with van der Waals surface area (Å²) in [4.78, 5) is 32.5. The second kappa shape index (κ2) is 7.70. The Labute approximate surface area is 168 Å². The largest absolute Gasteiger partial charge is 0.459 e. The number of carbonyl (C=O) groups excluding carboxylic acids is 2. The van der Waals surface area contributed by atoms with E-state index in [1.807, 2.05) is 0 Å². The fraction of sp³-hybridized carbons (Fsp3) is 0.316. The second-order valence-electron chi connectivity index (χ2n) is 6.73. The van der Waals surface area contributed by atoms with Crippen molar-refractivity contribution >= 4 is 27.7 Å². The Morgan fingerprint density at radius 1 is 1.03 bits per heavy atom. The van der Waals surface area contributed by atoms with Crippen LogP contribution in [0.5, 0.6) is 0 Å². The number of hydrogen-bond donors (Lipinski definition) is 1. The van der Waals surface area contributed by atoms with Crippen LogP contribution in [0.4, 0.5) is 0 Å². The fourth-order valence-electron chi connectivity index (χ4n) is 3.39. The average molecular weight is 416 g/mol. The standard InChI is InChI=1S/C19H20N4O5S/c24-17(22-9-11-23(12-10-22)19(25)15-5-3-13-28-15)7-8-20-18-14-4-1-2-6-16(14)29(26,27)21-18/h1-6,13H,7-12H2,(H,20,21). The first-order chi connectivity index (χ1) is 14.0. The molecule has 1 fully saturated rings. The first kappa shape index (κ1) is 19.2. The summed E-state index contributed by atoms with van der Waals surface area (Å²) in [6, 6.07) is 9.88. The zero-order chi connectivity index (χ0) is 20.4. The molecule has 10 heteroatoms. The van der Waals surface area contributed by atoms with Gasteiger partial charge in [-0.2, -0.15) is 0 Å². The SMILES string of the molecule is O=C(CCN=C1NS(=O)(=O)c2ccccc21)N1CCN(C(=O)c2ccco2)CC1. The van der Waals surface area contributed by atoms with Crippen LogP contribution in [0.25, 0.3) is 0 Å². The third-order valence-corrected chi connectivity index (χ3v) is 6.31. The molecule has 1 saturated heterocycles. The number of nitrogens with zero attached hydrogens (tertiary/aromatic N) is 3. The molecule has 1 aromatic heterocycles. The van der Waals surface area contributed by atoms with Crippen molar-refractivity contribution in [1.82, 2.24) is 14.5 Å². The Kier molecular flexibility index (Phi) is 5.10. The molecular weight excluding hydrogens is 396 g/mol. The minimum absolute atomic E-state index is 0.0754. The highest BCUT2D eigenvalue weighted by Crippen LogP contribution is 2.22. The van der Waals surface area contributed by atoms with Gasteiger partial charge >= 0.3 is 0 Å². The van der Waals surface area contributed by atoms with Gasteiger partial charge in [-0.25, -0.2) is 8.42 Å². The van der Waals surface area contributed by atoms with Crippen molar-refractivity contribution in [3.05, 3.63) is 54.0 Å². The maximum atomic E-state index is 12.4. The minimum atomic E-state index is -3.58. The smallest absolute Gasteiger partial charge is 0.289 e. The van der Waals surface area contributed by atoms with Gasteiger partial charge < -0.3 is 14.2 Å². The number of piperazine rings is 1. The third kappa shape index (κ3) is 3.88. The molecule has 2 aromatic rings. The molecule has 4 rings (SSSR count). The highest BCUT2D eigenvalue weighted by molar-refractivity contribution is 7.90. The number of sulfonamides is 1. The van der Waals surface area contributed by atoms with Crippen LogP contribution in [0.3, 0.4) is 0 Å². The summed E-state index contributed by atoms with van der Waals surface area (Å²) in [5, 5.41) is 0. The molecule has 29 heavy (non-hydrogen) atoms. The summed E-state index contributed by atoms with van der Waals surface area (Å²) in [7, 11) is -3.58. The van der Waals surface area contributed by atoms with Crippen LogP contribution in [0.1, 0.15) is 22.5 Å². The number of fused-ring (bicyclic) bond motifs is 1. The van der Waals surface area contributed by atoms with E-state index in [1.165, 1.54) is 12.3 Å². The quantitative estimate of drug-likeness (QED) is 0.788. The normalized spacial score (nSPS) is 19.1. The van der Waals surface area contributed by atoms with E-state index in [9.17, 15) is 18.0 Å². The summed E-state index contributed by atoms with van der Waals surface area (Å²) < 4.78 is 31.7. The van der Waals surface area contributed by atoms with Crippen LogP contribution in [-0.2, 0) is 14.8 Å². The molecule has 2 amide bonds. The Hall–Kier alpha value is -3.14. The highest BCUT2D eigenvalue weighted by Gasteiger charge is 2.30. The van der Waals surface area contributed by atoms with E-state index in [0.717, 1.165) is 0 Å². The summed E-state index contributed by atoms with van der Waals surface area (Å²) >= 11 is 0. The van der Waals surface area contributed by atoms with Crippen LogP contribution < -0.4 is 4.72 Å². The zero-order valence-corrected chi connectivity index (χ0v) is 16.4. The second-order valence-corrected chi connectivity index (χ2v) is 8.38. The molecule has 152 valence electrons. The van der Waals surface area contributed by atoms with Gasteiger partial charge in [-0.15, -0.1) is 0 Å². The number of amidine groups is 1. The van der Waals surface area contributed by atoms with Crippen molar-refractivity contribution in [3.8, 4) is 0 Å². The predicted molar refractivity (Wildman–Crippen MR) is 104 cm³/mol. The van der Waals surface area contributed by atoms with Gasteiger partial charge in [0, 0.05) is 38.2 Å². The van der Waals surface area contributed by atoms with E-state index in [2.05, 4.69) is 9.71 Å². The summed E-state index contributed by atoms with van der Waals surface area (Å²) in [5.41, 5.74) is 0.519. The van der Waals surface area contributed by atoms with Crippen molar-refractivity contribution in [2.75, 3.05) is 32.7 Å². The molecule has 2 aliphatic rings. The van der Waals surface area contributed by atoms with Gasteiger partial charge in [-0.3, -0.25) is 19.3 Å². The van der Waals surface area contributed by atoms with Crippen LogP contribution in [0.15, 0.2) is 57.0 Å². The van der Waals surface area contributed by atoms with Crippen molar-refractivity contribution in [2.45, 2.75) is 11.3 Å². The van der Waals surface area contributed by atoms with Crippen LogP contribution in [0, 0.1) is 0 Å². The maximum Gasteiger partial charge on any atom is 0.289 e. The Bertz CT molecular complexity index is 1050. The van der Waals surface area contributed by atoms with Gasteiger partial charge in [-0.1, -0.05) is 12.1 Å². The van der Waals surface area contributed by atoms with Gasteiger partial charge in [0.1, 0.15) is 5.84 Å². The third-order valence-electron chi connectivity index (χ3n) is 4.91. The number of aliphatic imine (C=N–C) groups is 1. The van der Waals surface area contributed by atoms with Gasteiger partial charge in [-0.05, 0) is 24.3 Å². The van der Waals surface area contributed by atoms with Gasteiger partial charge in [0.2, 0.25) is 5.91 Å². The molecule has 1 N–H and O–H groups in total. The average Bonchev–Trinajstić information content (AvgIpc) is 3.35. The van der Waals surface area contributed by atoms with Crippen molar-refractivity contribution in [1.29, 1.82) is 0 Å². The summed E-state index contributed by atoms with van der Waals surface area (Å²) in [6.07, 6.45) is 1.62. The summed E-state index contributed by atoms with van der Waals surface area (Å²) in [5.74, 6) is 0.302. The molecule has 0 radical (unpaired) electrons. The number of amides is 2. The molecule has 0 unspecified atom stereocenters. The molecule has 9 nitrogen and oxygen atoms in total. The minimum Gasteiger partial charge on any atom is -0.459 e. The lowest BCUT2D eigenvalue weighted by molar-refractivity contribution is -0.132. The Morgan fingerprint density at radius 3 is 2.48 bits per heavy atom. The fourth-order valence-corrected chi connectivity index (χ4v) is 4.64. The number of rotatable bonds is 4. The lowest BCUT2D eigenvalue weighted by Gasteiger charge is -2.34. The van der Waals surface area contributed by atoms with Gasteiger partial charge in [0.05, 0.1) is 17.7 Å². The van der Waals surface area contributed by atoms with E-state index in [4.69, 9.17) is 4.42 Å². The number of carbonyl (C=O) groups is 2. The molecule has 1 aromatic carbocycles. The van der Waals surface area contributed by atoms with E-state index in [1.54, 1.807) is 40.1 Å². The number of hydrogen-bond acceptors (Lipinski definition) is 6. The molecule has 0 atom stereocenters.